The van der Waals surface area contributed by atoms with Crippen LogP contribution in [-0.4, -0.2) is 34.9 Å². The third kappa shape index (κ3) is 2.59. The first-order chi connectivity index (χ1) is 7.81. The van der Waals surface area contributed by atoms with Gasteiger partial charge in [0, 0.05) is 18.1 Å². The number of nitrogens with one attached hydrogen (secondary N) is 1. The van der Waals surface area contributed by atoms with Crippen LogP contribution in [-0.2, 0) is 11.3 Å². The molecule has 1 fully saturated rings. The summed E-state index contributed by atoms with van der Waals surface area (Å²) in [6, 6.07) is 0.0127. The number of thiazole rings is 1. The van der Waals surface area contributed by atoms with Gasteiger partial charge in [0.15, 0.2) is 0 Å². The average Bonchev–Trinajstić information content (AvgIpc) is 2.77. The van der Waals surface area contributed by atoms with E-state index in [-0.39, 0.29) is 11.9 Å². The van der Waals surface area contributed by atoms with E-state index in [1.54, 1.807) is 17.5 Å². The lowest BCUT2D eigenvalue weighted by atomic mass is 10.0. The van der Waals surface area contributed by atoms with Crippen molar-refractivity contribution in [3.63, 3.8) is 0 Å². The van der Waals surface area contributed by atoms with E-state index in [4.69, 9.17) is 0 Å². The zero-order valence-electron chi connectivity index (χ0n) is 9.48. The van der Waals surface area contributed by atoms with Crippen LogP contribution in [0.5, 0.6) is 0 Å². The average molecular weight is 239 g/mol. The highest BCUT2D eigenvalue weighted by Crippen LogP contribution is 2.16. The Morgan fingerprint density at radius 2 is 2.56 bits per heavy atom. The first-order valence-electron chi connectivity index (χ1n) is 5.71. The van der Waals surface area contributed by atoms with Crippen molar-refractivity contribution in [2.24, 2.45) is 0 Å². The summed E-state index contributed by atoms with van der Waals surface area (Å²) in [4.78, 5) is 18.2. The zero-order valence-corrected chi connectivity index (χ0v) is 10.3. The molecule has 0 bridgehead atoms. The number of rotatable bonds is 4. The second kappa shape index (κ2) is 5.41. The van der Waals surface area contributed by atoms with Gasteiger partial charge in [-0.25, -0.2) is 4.98 Å². The molecule has 2 rings (SSSR count). The molecule has 0 aromatic carbocycles. The van der Waals surface area contributed by atoms with Crippen molar-refractivity contribution >= 4 is 17.2 Å². The molecular formula is C11H17N3OS. The minimum absolute atomic E-state index is 0.0127. The number of hydrogen-bond donors (Lipinski definition) is 1. The molecule has 0 aliphatic carbocycles. The first-order valence-corrected chi connectivity index (χ1v) is 6.59. The molecule has 4 nitrogen and oxygen atoms in total. The lowest BCUT2D eigenvalue weighted by Gasteiger charge is -2.32. The van der Waals surface area contributed by atoms with Crippen molar-refractivity contribution in [3.05, 3.63) is 16.6 Å². The quantitative estimate of drug-likeness (QED) is 0.860. The lowest BCUT2D eigenvalue weighted by molar-refractivity contribution is -0.136. The van der Waals surface area contributed by atoms with E-state index >= 15 is 0 Å². The Hall–Kier alpha value is -0.940. The molecule has 1 saturated heterocycles. The maximum Gasteiger partial charge on any atom is 0.240 e. The number of nitrogens with zero attached hydrogens (tertiary/aromatic N) is 2. The zero-order chi connectivity index (χ0) is 11.4. The summed E-state index contributed by atoms with van der Waals surface area (Å²) in [5, 5.41) is 6.20. The smallest absolute Gasteiger partial charge is 0.240 e. The van der Waals surface area contributed by atoms with Crippen LogP contribution < -0.4 is 5.32 Å². The molecule has 1 unspecified atom stereocenters. The molecule has 16 heavy (non-hydrogen) atoms. The summed E-state index contributed by atoms with van der Waals surface area (Å²) in [6.45, 7) is 4.41. The molecule has 0 radical (unpaired) electrons. The van der Waals surface area contributed by atoms with Gasteiger partial charge < -0.3 is 10.2 Å². The summed E-state index contributed by atoms with van der Waals surface area (Å²) < 4.78 is 0. The molecule has 1 N–H and O–H groups in total. The Kier molecular flexibility index (Phi) is 3.90. The molecule has 1 aliphatic rings. The fourth-order valence-corrected chi connectivity index (χ4v) is 2.66. The number of amides is 1. The highest BCUT2D eigenvalue weighted by atomic mass is 32.1. The van der Waals surface area contributed by atoms with E-state index < -0.39 is 0 Å². The van der Waals surface area contributed by atoms with Gasteiger partial charge in [-0.3, -0.25) is 4.79 Å². The monoisotopic (exact) mass is 239 g/mol. The summed E-state index contributed by atoms with van der Waals surface area (Å²) in [5.74, 6) is 0.225. The standard InChI is InChI=1S/C11H17N3OS/c1-2-12-9-4-3-6-14(11(9)15)8-10-13-5-7-16-10/h5,7,9,12H,2-4,6,8H2,1H3. The summed E-state index contributed by atoms with van der Waals surface area (Å²) in [5.41, 5.74) is 0. The van der Waals surface area contributed by atoms with Gasteiger partial charge in [-0.15, -0.1) is 11.3 Å². The first kappa shape index (κ1) is 11.5. The number of carbonyl (C=O) groups excluding carboxylic acids is 1. The van der Waals surface area contributed by atoms with Crippen molar-refractivity contribution in [3.8, 4) is 0 Å². The van der Waals surface area contributed by atoms with Crippen LogP contribution in [0, 0.1) is 0 Å². The number of piperidine rings is 1. The predicted octanol–water partition coefficient (Wildman–Crippen LogP) is 1.24. The third-order valence-corrected chi connectivity index (χ3v) is 3.56. The van der Waals surface area contributed by atoms with Crippen molar-refractivity contribution in [2.45, 2.75) is 32.4 Å². The molecule has 1 aromatic heterocycles. The van der Waals surface area contributed by atoms with Crippen LogP contribution >= 0.6 is 11.3 Å². The van der Waals surface area contributed by atoms with Crippen molar-refractivity contribution in [1.82, 2.24) is 15.2 Å². The Morgan fingerprint density at radius 1 is 1.69 bits per heavy atom. The van der Waals surface area contributed by atoms with E-state index in [0.717, 1.165) is 30.9 Å². The molecule has 1 aromatic rings. The van der Waals surface area contributed by atoms with Gasteiger partial charge in [0.2, 0.25) is 5.91 Å². The van der Waals surface area contributed by atoms with Crippen LogP contribution in [0.3, 0.4) is 0 Å². The van der Waals surface area contributed by atoms with Gasteiger partial charge in [-0.1, -0.05) is 6.92 Å². The molecule has 88 valence electrons. The molecule has 1 amide bonds. The van der Waals surface area contributed by atoms with E-state index in [0.29, 0.717) is 6.54 Å². The van der Waals surface area contributed by atoms with Gasteiger partial charge in [0.25, 0.3) is 0 Å². The Balaban J connectivity index is 1.96. The van der Waals surface area contributed by atoms with Gasteiger partial charge in [0.05, 0.1) is 12.6 Å². The van der Waals surface area contributed by atoms with Crippen LogP contribution in [0.15, 0.2) is 11.6 Å². The second-order valence-corrected chi connectivity index (χ2v) is 4.92. The normalized spacial score (nSPS) is 21.4. The van der Waals surface area contributed by atoms with Crippen LogP contribution in [0.1, 0.15) is 24.8 Å². The Morgan fingerprint density at radius 3 is 3.25 bits per heavy atom. The molecule has 0 saturated carbocycles. The Labute approximate surface area is 99.7 Å². The fourth-order valence-electron chi connectivity index (χ4n) is 2.03. The minimum atomic E-state index is 0.0127. The SMILES string of the molecule is CCNC1CCCN(Cc2nccs2)C1=O. The minimum Gasteiger partial charge on any atom is -0.335 e. The lowest BCUT2D eigenvalue weighted by Crippen LogP contribution is -2.50. The summed E-state index contributed by atoms with van der Waals surface area (Å²) in [6.07, 6.45) is 3.83. The van der Waals surface area contributed by atoms with Crippen molar-refractivity contribution < 1.29 is 4.79 Å². The molecule has 1 aliphatic heterocycles. The fraction of sp³-hybridized carbons (Fsp3) is 0.636. The molecule has 5 heteroatoms. The summed E-state index contributed by atoms with van der Waals surface area (Å²) in [7, 11) is 0. The predicted molar refractivity (Wildman–Crippen MR) is 64.2 cm³/mol. The second-order valence-electron chi connectivity index (χ2n) is 3.94. The highest BCUT2D eigenvalue weighted by Gasteiger charge is 2.28. The van der Waals surface area contributed by atoms with Gasteiger partial charge in [-0.05, 0) is 19.4 Å². The van der Waals surface area contributed by atoms with E-state index in [9.17, 15) is 4.79 Å². The van der Waals surface area contributed by atoms with Gasteiger partial charge in [0.1, 0.15) is 5.01 Å². The third-order valence-electron chi connectivity index (χ3n) is 2.79. The van der Waals surface area contributed by atoms with Crippen molar-refractivity contribution in [2.75, 3.05) is 13.1 Å². The largest absolute Gasteiger partial charge is 0.335 e. The molecule has 1 atom stereocenters. The number of hydrogen-bond acceptors (Lipinski definition) is 4. The number of likely N-dealkylation sites (tertiary alicyclic amines) is 1. The number of likely N-dealkylation sites (N-methyl/N-ethyl adjacent to an activating group) is 1. The Bertz CT molecular complexity index is 337. The highest BCUT2D eigenvalue weighted by molar-refractivity contribution is 7.09. The van der Waals surface area contributed by atoms with Crippen LogP contribution in [0.4, 0.5) is 0 Å². The topological polar surface area (TPSA) is 45.2 Å². The van der Waals surface area contributed by atoms with Crippen LogP contribution in [0.25, 0.3) is 0 Å². The van der Waals surface area contributed by atoms with Gasteiger partial charge >= 0.3 is 0 Å². The molecule has 2 heterocycles. The van der Waals surface area contributed by atoms with E-state index in [1.807, 2.05) is 17.2 Å². The van der Waals surface area contributed by atoms with Crippen LogP contribution in [0.2, 0.25) is 0 Å². The maximum absolute atomic E-state index is 12.1. The van der Waals surface area contributed by atoms with Gasteiger partial charge in [-0.2, -0.15) is 0 Å². The molecular weight excluding hydrogens is 222 g/mol. The maximum atomic E-state index is 12.1. The van der Waals surface area contributed by atoms with E-state index in [2.05, 4.69) is 10.3 Å². The number of carbonyl (C=O) groups is 1. The van der Waals surface area contributed by atoms with E-state index in [1.165, 1.54) is 0 Å². The van der Waals surface area contributed by atoms with Crippen molar-refractivity contribution in [1.29, 1.82) is 0 Å². The number of aromatic nitrogens is 1. The molecule has 0 spiro atoms. The summed E-state index contributed by atoms with van der Waals surface area (Å²) >= 11 is 1.61.